The monoisotopic (exact) mass is 281 g/mol. The van der Waals surface area contributed by atoms with E-state index < -0.39 is 18.6 Å². The predicted octanol–water partition coefficient (Wildman–Crippen LogP) is 2.45. The Labute approximate surface area is 107 Å². The van der Waals surface area contributed by atoms with Crippen LogP contribution in [0.25, 0.3) is 0 Å². The van der Waals surface area contributed by atoms with E-state index >= 15 is 0 Å². The van der Waals surface area contributed by atoms with Gasteiger partial charge in [-0.1, -0.05) is 18.3 Å². The number of carbonyl (C=O) groups excluding carboxylic acids is 1. The number of hydrogen-bond acceptors (Lipinski definition) is 4. The topological polar surface area (TPSA) is 59.2 Å². The first-order chi connectivity index (χ1) is 8.24. The van der Waals surface area contributed by atoms with Gasteiger partial charge in [0.05, 0.1) is 5.69 Å². The summed E-state index contributed by atoms with van der Waals surface area (Å²) in [5.74, 6) is -0.666. The van der Waals surface area contributed by atoms with Gasteiger partial charge < -0.3 is 10.6 Å². The molecule has 1 amide bonds. The Morgan fingerprint density at radius 3 is 2.50 bits per heavy atom. The molecule has 0 unspecified atom stereocenters. The van der Waals surface area contributed by atoms with E-state index in [1.54, 1.807) is 13.8 Å². The molecule has 0 aliphatic carbocycles. The molecule has 0 bridgehead atoms. The molecule has 2 N–H and O–H groups in total. The average molecular weight is 281 g/mol. The van der Waals surface area contributed by atoms with Gasteiger partial charge in [0.1, 0.15) is 11.4 Å². The van der Waals surface area contributed by atoms with Gasteiger partial charge in [-0.2, -0.15) is 13.2 Å². The number of halogens is 3. The molecule has 0 aliphatic heterocycles. The highest BCUT2D eigenvalue weighted by Gasteiger charge is 2.34. The molecular weight excluding hydrogens is 267 g/mol. The fraction of sp³-hybridized carbons (Fsp3) is 0.600. The highest BCUT2D eigenvalue weighted by Crippen LogP contribution is 2.24. The average Bonchev–Trinajstić information content (AvgIpc) is 2.54. The number of carbonyl (C=O) groups is 1. The summed E-state index contributed by atoms with van der Waals surface area (Å²) < 4.78 is 37.1. The molecule has 0 aromatic carbocycles. The number of alkyl halides is 3. The Bertz CT molecular complexity index is 430. The first-order valence-electron chi connectivity index (χ1n) is 5.33. The van der Waals surface area contributed by atoms with Crippen LogP contribution in [-0.4, -0.2) is 35.1 Å². The third-order valence-corrected chi connectivity index (χ3v) is 3.13. The van der Waals surface area contributed by atoms with Crippen LogP contribution in [0.5, 0.6) is 0 Å². The SMILES string of the molecule is CCCN(CC(F)(F)F)C(=O)c1sc(N)nc1C. The summed E-state index contributed by atoms with van der Waals surface area (Å²) in [6.45, 7) is 2.06. The molecule has 1 aromatic heterocycles. The van der Waals surface area contributed by atoms with Crippen molar-refractivity contribution in [3.05, 3.63) is 10.6 Å². The zero-order valence-electron chi connectivity index (χ0n) is 10.0. The molecule has 0 aliphatic rings. The fourth-order valence-electron chi connectivity index (χ4n) is 1.50. The predicted molar refractivity (Wildman–Crippen MR) is 63.5 cm³/mol. The van der Waals surface area contributed by atoms with Crippen LogP contribution in [0.1, 0.15) is 28.7 Å². The van der Waals surface area contributed by atoms with Crippen molar-refractivity contribution >= 4 is 22.4 Å². The van der Waals surface area contributed by atoms with Gasteiger partial charge in [-0.25, -0.2) is 4.98 Å². The number of aromatic nitrogens is 1. The van der Waals surface area contributed by atoms with Gasteiger partial charge in [0.2, 0.25) is 0 Å². The minimum atomic E-state index is -4.41. The first kappa shape index (κ1) is 14.7. The third kappa shape index (κ3) is 3.86. The summed E-state index contributed by atoms with van der Waals surface area (Å²) in [7, 11) is 0. The smallest absolute Gasteiger partial charge is 0.375 e. The second-order valence-corrected chi connectivity index (χ2v) is 4.84. The molecule has 8 heteroatoms. The van der Waals surface area contributed by atoms with Gasteiger partial charge in [0.15, 0.2) is 5.13 Å². The van der Waals surface area contributed by atoms with Crippen molar-refractivity contribution in [1.29, 1.82) is 0 Å². The van der Waals surface area contributed by atoms with E-state index in [0.29, 0.717) is 12.1 Å². The molecular formula is C10H14F3N3OS. The summed E-state index contributed by atoms with van der Waals surface area (Å²) in [5, 5.41) is 0.180. The number of rotatable bonds is 4. The van der Waals surface area contributed by atoms with Crippen LogP contribution in [0.2, 0.25) is 0 Å². The van der Waals surface area contributed by atoms with Crippen LogP contribution in [0.15, 0.2) is 0 Å². The highest BCUT2D eigenvalue weighted by atomic mass is 32.1. The van der Waals surface area contributed by atoms with Crippen LogP contribution in [-0.2, 0) is 0 Å². The van der Waals surface area contributed by atoms with Crippen LogP contribution >= 0.6 is 11.3 Å². The van der Waals surface area contributed by atoms with E-state index in [9.17, 15) is 18.0 Å². The van der Waals surface area contributed by atoms with Crippen LogP contribution < -0.4 is 5.73 Å². The van der Waals surface area contributed by atoms with Gasteiger partial charge in [-0.15, -0.1) is 0 Å². The lowest BCUT2D eigenvalue weighted by atomic mass is 10.3. The van der Waals surface area contributed by atoms with E-state index in [1.165, 1.54) is 0 Å². The van der Waals surface area contributed by atoms with Gasteiger partial charge in [-0.3, -0.25) is 4.79 Å². The Hall–Kier alpha value is -1.31. The Kier molecular flexibility index (Phi) is 4.55. The number of nitrogens with two attached hydrogens (primary N) is 1. The zero-order valence-corrected chi connectivity index (χ0v) is 10.9. The van der Waals surface area contributed by atoms with Gasteiger partial charge in [0.25, 0.3) is 5.91 Å². The Balaban J connectivity index is 2.92. The number of aryl methyl sites for hydroxylation is 1. The van der Waals surface area contributed by atoms with Gasteiger partial charge in [0, 0.05) is 6.54 Å². The molecule has 0 saturated carbocycles. The number of thiazole rings is 1. The second-order valence-electron chi connectivity index (χ2n) is 3.81. The van der Waals surface area contributed by atoms with Crippen molar-refractivity contribution in [2.75, 3.05) is 18.8 Å². The molecule has 1 heterocycles. The molecule has 1 rings (SSSR count). The largest absolute Gasteiger partial charge is 0.406 e. The maximum Gasteiger partial charge on any atom is 0.406 e. The Morgan fingerprint density at radius 1 is 1.50 bits per heavy atom. The Morgan fingerprint density at radius 2 is 2.11 bits per heavy atom. The van der Waals surface area contributed by atoms with Crippen LogP contribution in [0.3, 0.4) is 0 Å². The molecule has 0 fully saturated rings. The number of amides is 1. The fourth-order valence-corrected chi connectivity index (χ4v) is 2.30. The van der Waals surface area contributed by atoms with E-state index in [2.05, 4.69) is 4.98 Å². The van der Waals surface area contributed by atoms with Crippen LogP contribution in [0, 0.1) is 6.92 Å². The minimum Gasteiger partial charge on any atom is -0.375 e. The molecule has 0 spiro atoms. The first-order valence-corrected chi connectivity index (χ1v) is 6.15. The molecule has 0 saturated heterocycles. The molecule has 0 radical (unpaired) electrons. The zero-order chi connectivity index (χ0) is 13.9. The second kappa shape index (κ2) is 5.55. The maximum absolute atomic E-state index is 12.4. The van der Waals surface area contributed by atoms with Crippen LogP contribution in [0.4, 0.5) is 18.3 Å². The minimum absolute atomic E-state index is 0.0512. The summed E-state index contributed by atoms with van der Waals surface area (Å²) >= 11 is 0.911. The van der Waals surface area contributed by atoms with Crippen molar-refractivity contribution in [3.63, 3.8) is 0 Å². The maximum atomic E-state index is 12.4. The molecule has 18 heavy (non-hydrogen) atoms. The van der Waals surface area contributed by atoms with Gasteiger partial charge in [-0.05, 0) is 13.3 Å². The van der Waals surface area contributed by atoms with Gasteiger partial charge >= 0.3 is 6.18 Å². The number of anilines is 1. The third-order valence-electron chi connectivity index (χ3n) is 2.16. The summed E-state index contributed by atoms with van der Waals surface area (Å²) in [5.41, 5.74) is 5.80. The van der Waals surface area contributed by atoms with Crippen molar-refractivity contribution in [2.24, 2.45) is 0 Å². The normalized spacial score (nSPS) is 11.6. The molecule has 4 nitrogen and oxygen atoms in total. The highest BCUT2D eigenvalue weighted by molar-refractivity contribution is 7.17. The number of nitrogen functional groups attached to an aromatic ring is 1. The van der Waals surface area contributed by atoms with E-state index in [4.69, 9.17) is 5.73 Å². The molecule has 1 aromatic rings. The van der Waals surface area contributed by atoms with E-state index in [1.807, 2.05) is 0 Å². The molecule has 0 atom stereocenters. The van der Waals surface area contributed by atoms with Crippen molar-refractivity contribution < 1.29 is 18.0 Å². The quantitative estimate of drug-likeness (QED) is 0.922. The lowest BCUT2D eigenvalue weighted by Crippen LogP contribution is -2.39. The van der Waals surface area contributed by atoms with Crippen molar-refractivity contribution in [3.8, 4) is 0 Å². The van der Waals surface area contributed by atoms with E-state index in [0.717, 1.165) is 16.2 Å². The molecule has 102 valence electrons. The van der Waals surface area contributed by atoms with Crippen molar-refractivity contribution in [2.45, 2.75) is 26.4 Å². The van der Waals surface area contributed by atoms with Crippen molar-refractivity contribution in [1.82, 2.24) is 9.88 Å². The summed E-state index contributed by atoms with van der Waals surface area (Å²) in [6.07, 6.45) is -3.95. The number of nitrogens with zero attached hydrogens (tertiary/aromatic N) is 2. The van der Waals surface area contributed by atoms with E-state index in [-0.39, 0.29) is 16.6 Å². The lowest BCUT2D eigenvalue weighted by Gasteiger charge is -2.22. The summed E-state index contributed by atoms with van der Waals surface area (Å²) in [4.78, 5) is 16.8. The number of hydrogen-bond donors (Lipinski definition) is 1. The standard InChI is InChI=1S/C10H14F3N3OS/c1-3-4-16(5-10(11,12)13)8(17)7-6(2)15-9(14)18-7/h3-5H2,1-2H3,(H2,14,15). The summed E-state index contributed by atoms with van der Waals surface area (Å²) in [6, 6.07) is 0. The lowest BCUT2D eigenvalue weighted by molar-refractivity contribution is -0.140.